The van der Waals surface area contributed by atoms with Crippen molar-refractivity contribution in [3.8, 4) is 5.75 Å². The van der Waals surface area contributed by atoms with Crippen molar-refractivity contribution in [2.24, 2.45) is 5.41 Å². The second-order valence-corrected chi connectivity index (χ2v) is 7.02. The maximum Gasteiger partial charge on any atom is 0.197 e. The van der Waals surface area contributed by atoms with Gasteiger partial charge in [0, 0.05) is 0 Å². The predicted molar refractivity (Wildman–Crippen MR) is 89.8 cm³/mol. The molecule has 21 heavy (non-hydrogen) atoms. The molecule has 2 atom stereocenters. The Bertz CT molecular complexity index is 389. The first kappa shape index (κ1) is 18.0. The molecule has 0 spiro atoms. The molecule has 0 bridgehead atoms. The van der Waals surface area contributed by atoms with E-state index in [9.17, 15) is 0 Å². The van der Waals surface area contributed by atoms with E-state index in [0.717, 1.165) is 31.4 Å². The van der Waals surface area contributed by atoms with Gasteiger partial charge in [0.15, 0.2) is 6.29 Å². The molecule has 0 aromatic heterocycles. The minimum absolute atomic E-state index is 0.199. The van der Waals surface area contributed by atoms with Crippen LogP contribution in [0, 0.1) is 5.41 Å². The highest BCUT2D eigenvalue weighted by molar-refractivity contribution is 5.27. The lowest BCUT2D eigenvalue weighted by atomic mass is 9.88. The van der Waals surface area contributed by atoms with E-state index in [2.05, 4.69) is 46.8 Å². The molecule has 0 aliphatic heterocycles. The largest absolute Gasteiger partial charge is 0.465 e. The Balaban J connectivity index is 2.51. The lowest BCUT2D eigenvalue weighted by Gasteiger charge is -2.22. The van der Waals surface area contributed by atoms with Crippen molar-refractivity contribution < 1.29 is 9.47 Å². The molecule has 0 aliphatic carbocycles. The molecule has 2 unspecified atom stereocenters. The van der Waals surface area contributed by atoms with Crippen molar-refractivity contribution >= 4 is 0 Å². The van der Waals surface area contributed by atoms with Crippen LogP contribution in [-0.4, -0.2) is 12.4 Å². The fourth-order valence-corrected chi connectivity index (χ4v) is 2.48. The minimum Gasteiger partial charge on any atom is -0.465 e. The molecule has 0 aliphatic rings. The number of rotatable bonds is 8. The molecular weight excluding hydrogens is 260 g/mol. The Labute approximate surface area is 130 Å². The van der Waals surface area contributed by atoms with Crippen molar-refractivity contribution in [2.75, 3.05) is 0 Å². The van der Waals surface area contributed by atoms with Crippen molar-refractivity contribution in [1.82, 2.24) is 0 Å². The first-order valence-corrected chi connectivity index (χ1v) is 8.25. The van der Waals surface area contributed by atoms with Crippen LogP contribution in [0.5, 0.6) is 5.75 Å². The van der Waals surface area contributed by atoms with E-state index in [-0.39, 0.29) is 6.29 Å². The second-order valence-electron chi connectivity index (χ2n) is 7.02. The van der Waals surface area contributed by atoms with Gasteiger partial charge in [0.25, 0.3) is 0 Å². The van der Waals surface area contributed by atoms with Crippen LogP contribution in [0.15, 0.2) is 24.3 Å². The first-order chi connectivity index (χ1) is 9.84. The number of hydrogen-bond acceptors (Lipinski definition) is 2. The van der Waals surface area contributed by atoms with Gasteiger partial charge in [0.1, 0.15) is 5.75 Å². The smallest absolute Gasteiger partial charge is 0.197 e. The Kier molecular flexibility index (Phi) is 7.24. The van der Waals surface area contributed by atoms with Gasteiger partial charge in [-0.25, -0.2) is 0 Å². The lowest BCUT2D eigenvalue weighted by molar-refractivity contribution is -0.110. The van der Waals surface area contributed by atoms with Gasteiger partial charge in [-0.2, -0.15) is 0 Å². The average molecular weight is 292 g/mol. The van der Waals surface area contributed by atoms with Gasteiger partial charge in [0.2, 0.25) is 0 Å². The summed E-state index contributed by atoms with van der Waals surface area (Å²) in [5, 5.41) is 0. The van der Waals surface area contributed by atoms with E-state index in [1.807, 2.05) is 19.1 Å². The van der Waals surface area contributed by atoms with Gasteiger partial charge >= 0.3 is 0 Å². The fourth-order valence-electron chi connectivity index (χ4n) is 2.48. The molecule has 0 saturated heterocycles. The van der Waals surface area contributed by atoms with Crippen molar-refractivity contribution in [1.29, 1.82) is 0 Å². The van der Waals surface area contributed by atoms with Crippen LogP contribution in [0.2, 0.25) is 0 Å². The monoisotopic (exact) mass is 292 g/mol. The Morgan fingerprint density at radius 1 is 1.05 bits per heavy atom. The molecular formula is C19H32O2. The van der Waals surface area contributed by atoms with E-state index in [1.54, 1.807) is 0 Å². The molecule has 2 nitrogen and oxygen atoms in total. The first-order valence-electron chi connectivity index (χ1n) is 8.25. The zero-order valence-electron chi connectivity index (χ0n) is 14.6. The summed E-state index contributed by atoms with van der Waals surface area (Å²) in [5.41, 5.74) is 1.66. The van der Waals surface area contributed by atoms with Gasteiger partial charge in [-0.3, -0.25) is 0 Å². The molecule has 0 saturated carbocycles. The molecule has 0 N–H and O–H groups in total. The minimum atomic E-state index is -0.199. The molecule has 0 heterocycles. The molecule has 1 aromatic rings. The summed E-state index contributed by atoms with van der Waals surface area (Å²) in [6.45, 7) is 13.1. The van der Waals surface area contributed by atoms with Crippen molar-refractivity contribution in [2.45, 2.75) is 79.6 Å². The molecule has 1 rings (SSSR count). The summed E-state index contributed by atoms with van der Waals surface area (Å²) in [5.74, 6) is 0.881. The number of ether oxygens (including phenoxy) is 2. The quantitative estimate of drug-likeness (QED) is 0.581. The van der Waals surface area contributed by atoms with Crippen molar-refractivity contribution in [3.63, 3.8) is 0 Å². The Morgan fingerprint density at radius 2 is 1.67 bits per heavy atom. The van der Waals surface area contributed by atoms with Crippen LogP contribution in [-0.2, 0) is 11.2 Å². The van der Waals surface area contributed by atoms with Gasteiger partial charge in [-0.05, 0) is 49.3 Å². The maximum absolute atomic E-state index is 5.93. The third-order valence-corrected chi connectivity index (χ3v) is 3.41. The van der Waals surface area contributed by atoms with Gasteiger partial charge in [0.05, 0.1) is 6.10 Å². The van der Waals surface area contributed by atoms with E-state index in [4.69, 9.17) is 9.47 Å². The Morgan fingerprint density at radius 3 is 2.14 bits per heavy atom. The molecule has 2 heteroatoms. The van der Waals surface area contributed by atoms with E-state index >= 15 is 0 Å². The summed E-state index contributed by atoms with van der Waals surface area (Å²) in [4.78, 5) is 0. The highest BCUT2D eigenvalue weighted by Crippen LogP contribution is 2.23. The van der Waals surface area contributed by atoms with E-state index in [1.165, 1.54) is 5.56 Å². The van der Waals surface area contributed by atoms with Crippen LogP contribution in [0.3, 0.4) is 0 Å². The summed E-state index contributed by atoms with van der Waals surface area (Å²) in [7, 11) is 0. The third kappa shape index (κ3) is 7.52. The molecule has 0 radical (unpaired) electrons. The van der Waals surface area contributed by atoms with Gasteiger partial charge in [-0.1, -0.05) is 53.2 Å². The normalized spacial score (nSPS) is 14.8. The van der Waals surface area contributed by atoms with Crippen LogP contribution in [0.4, 0.5) is 0 Å². The summed E-state index contributed by atoms with van der Waals surface area (Å²) >= 11 is 0. The van der Waals surface area contributed by atoms with E-state index < -0.39 is 0 Å². The Hall–Kier alpha value is -1.02. The SMILES string of the molecule is CCCC(CC)OC(C)Oc1ccc(CC(C)(C)C)cc1. The van der Waals surface area contributed by atoms with Crippen LogP contribution >= 0.6 is 0 Å². The van der Waals surface area contributed by atoms with Crippen molar-refractivity contribution in [3.05, 3.63) is 29.8 Å². The summed E-state index contributed by atoms with van der Waals surface area (Å²) < 4.78 is 11.8. The number of hydrogen-bond donors (Lipinski definition) is 0. The average Bonchev–Trinajstić information content (AvgIpc) is 2.39. The lowest BCUT2D eigenvalue weighted by Crippen LogP contribution is -2.24. The molecule has 1 aromatic carbocycles. The van der Waals surface area contributed by atoms with Gasteiger partial charge < -0.3 is 9.47 Å². The zero-order chi connectivity index (χ0) is 15.9. The highest BCUT2D eigenvalue weighted by atomic mass is 16.7. The van der Waals surface area contributed by atoms with Crippen LogP contribution in [0.25, 0.3) is 0 Å². The highest BCUT2D eigenvalue weighted by Gasteiger charge is 2.13. The zero-order valence-corrected chi connectivity index (χ0v) is 14.6. The topological polar surface area (TPSA) is 18.5 Å². The maximum atomic E-state index is 5.93. The second kappa shape index (κ2) is 8.43. The standard InChI is InChI=1S/C19H32O2/c1-7-9-17(8-2)20-15(3)21-18-12-10-16(11-13-18)14-19(4,5)6/h10-13,15,17H,7-9,14H2,1-6H3. The van der Waals surface area contributed by atoms with E-state index in [0.29, 0.717) is 11.5 Å². The van der Waals surface area contributed by atoms with Crippen LogP contribution < -0.4 is 4.74 Å². The summed E-state index contributed by atoms with van der Waals surface area (Å²) in [6, 6.07) is 8.39. The predicted octanol–water partition coefficient (Wildman–Crippen LogP) is 5.60. The fraction of sp³-hybridized carbons (Fsp3) is 0.684. The van der Waals surface area contributed by atoms with Crippen LogP contribution in [0.1, 0.15) is 66.4 Å². The summed E-state index contributed by atoms with van der Waals surface area (Å²) in [6.07, 6.45) is 4.45. The molecule has 0 amide bonds. The number of benzene rings is 1. The molecule has 0 fully saturated rings. The van der Waals surface area contributed by atoms with Gasteiger partial charge in [-0.15, -0.1) is 0 Å². The molecule has 120 valence electrons. The third-order valence-electron chi connectivity index (χ3n) is 3.41.